The zero-order valence-corrected chi connectivity index (χ0v) is 11.5. The van der Waals surface area contributed by atoms with E-state index in [9.17, 15) is 13.9 Å². The van der Waals surface area contributed by atoms with E-state index < -0.39 is 11.6 Å². The number of hydrogen-bond donors (Lipinski definition) is 2. The van der Waals surface area contributed by atoms with E-state index >= 15 is 0 Å². The van der Waals surface area contributed by atoms with Crippen molar-refractivity contribution in [2.45, 2.75) is 6.92 Å². The van der Waals surface area contributed by atoms with E-state index in [-0.39, 0.29) is 11.4 Å². The molecule has 0 spiro atoms. The predicted molar refractivity (Wildman–Crippen MR) is 76.9 cm³/mol. The lowest BCUT2D eigenvalue weighted by Crippen LogP contribution is -2.02. The van der Waals surface area contributed by atoms with Gasteiger partial charge in [0.2, 0.25) is 0 Å². The molecule has 0 heterocycles. The van der Waals surface area contributed by atoms with Crippen molar-refractivity contribution in [2.75, 3.05) is 12.5 Å². The van der Waals surface area contributed by atoms with Crippen LogP contribution in [0.1, 0.15) is 12.5 Å². The number of phenolic OH excluding ortho intramolecular Hbond substituents is 1. The maximum absolute atomic E-state index is 13.5. The zero-order valence-electron chi connectivity index (χ0n) is 11.5. The summed E-state index contributed by atoms with van der Waals surface area (Å²) < 4.78 is 31.3. The lowest BCUT2D eigenvalue weighted by atomic mass is 10.1. The Morgan fingerprint density at radius 3 is 2.62 bits per heavy atom. The Kier molecular flexibility index (Phi) is 4.37. The third-order valence-corrected chi connectivity index (χ3v) is 2.87. The first-order valence-corrected chi connectivity index (χ1v) is 6.14. The second kappa shape index (κ2) is 6.21. The van der Waals surface area contributed by atoms with Crippen molar-refractivity contribution in [3.05, 3.63) is 53.6 Å². The van der Waals surface area contributed by atoms with Gasteiger partial charge in [-0.3, -0.25) is 5.43 Å². The van der Waals surface area contributed by atoms with E-state index in [4.69, 9.17) is 4.74 Å². The Morgan fingerprint density at radius 1 is 1.19 bits per heavy atom. The largest absolute Gasteiger partial charge is 0.507 e. The van der Waals surface area contributed by atoms with Crippen LogP contribution >= 0.6 is 0 Å². The summed E-state index contributed by atoms with van der Waals surface area (Å²) in [5.41, 5.74) is 3.41. The van der Waals surface area contributed by atoms with Crippen molar-refractivity contribution in [1.82, 2.24) is 0 Å². The molecule has 0 saturated carbocycles. The Labute approximate surface area is 120 Å². The molecule has 0 atom stereocenters. The highest BCUT2D eigenvalue weighted by atomic mass is 19.1. The van der Waals surface area contributed by atoms with Crippen molar-refractivity contribution in [2.24, 2.45) is 5.10 Å². The molecule has 6 heteroatoms. The SMILES string of the molecule is COc1ccc(O)c(/C(C)=N/Nc2ccc(F)cc2F)c1. The molecular weight excluding hydrogens is 278 g/mol. The topological polar surface area (TPSA) is 53.9 Å². The quantitative estimate of drug-likeness (QED) is 0.669. The molecule has 0 radical (unpaired) electrons. The van der Waals surface area contributed by atoms with Crippen LogP contribution in [0.2, 0.25) is 0 Å². The van der Waals surface area contributed by atoms with E-state index in [0.29, 0.717) is 17.0 Å². The molecule has 0 aromatic heterocycles. The van der Waals surface area contributed by atoms with Gasteiger partial charge < -0.3 is 9.84 Å². The first-order valence-electron chi connectivity index (χ1n) is 6.14. The Balaban J connectivity index is 2.25. The minimum absolute atomic E-state index is 0.0263. The molecule has 4 nitrogen and oxygen atoms in total. The van der Waals surface area contributed by atoms with E-state index in [1.807, 2.05) is 0 Å². The van der Waals surface area contributed by atoms with Crippen LogP contribution in [0.25, 0.3) is 0 Å². The highest BCUT2D eigenvalue weighted by molar-refractivity contribution is 6.01. The lowest BCUT2D eigenvalue weighted by molar-refractivity contribution is 0.412. The average Bonchev–Trinajstić information content (AvgIpc) is 2.46. The monoisotopic (exact) mass is 292 g/mol. The van der Waals surface area contributed by atoms with Crippen LogP contribution in [0.5, 0.6) is 11.5 Å². The number of benzene rings is 2. The second-order valence-electron chi connectivity index (χ2n) is 4.32. The summed E-state index contributed by atoms with van der Waals surface area (Å²) in [6, 6.07) is 7.82. The van der Waals surface area contributed by atoms with Crippen LogP contribution in [0.15, 0.2) is 41.5 Å². The highest BCUT2D eigenvalue weighted by Crippen LogP contribution is 2.24. The van der Waals surface area contributed by atoms with Gasteiger partial charge in [-0.05, 0) is 37.3 Å². The third kappa shape index (κ3) is 3.47. The van der Waals surface area contributed by atoms with Gasteiger partial charge in [-0.25, -0.2) is 8.78 Å². The zero-order chi connectivity index (χ0) is 15.4. The molecule has 2 N–H and O–H groups in total. The van der Waals surface area contributed by atoms with Gasteiger partial charge in [0.25, 0.3) is 0 Å². The van der Waals surface area contributed by atoms with Crippen LogP contribution in [-0.4, -0.2) is 17.9 Å². The fourth-order valence-electron chi connectivity index (χ4n) is 1.72. The molecule has 0 aliphatic heterocycles. The number of rotatable bonds is 4. The number of hydrazone groups is 1. The van der Waals surface area contributed by atoms with Gasteiger partial charge in [0.05, 0.1) is 18.5 Å². The molecule has 0 aliphatic rings. The Hall–Kier alpha value is -2.63. The minimum Gasteiger partial charge on any atom is -0.507 e. The Bertz CT molecular complexity index is 687. The smallest absolute Gasteiger partial charge is 0.151 e. The summed E-state index contributed by atoms with van der Waals surface area (Å²) in [7, 11) is 1.51. The summed E-state index contributed by atoms with van der Waals surface area (Å²) in [6.07, 6.45) is 0. The number of ether oxygens (including phenoxy) is 1. The van der Waals surface area contributed by atoms with Crippen LogP contribution in [0.3, 0.4) is 0 Å². The first kappa shape index (κ1) is 14.8. The fraction of sp³-hybridized carbons (Fsp3) is 0.133. The van der Waals surface area contributed by atoms with Crippen molar-refractivity contribution >= 4 is 11.4 Å². The van der Waals surface area contributed by atoms with Gasteiger partial charge in [-0.2, -0.15) is 5.10 Å². The molecule has 2 aromatic carbocycles. The normalized spacial score (nSPS) is 11.3. The molecule has 0 saturated heterocycles. The first-order chi connectivity index (χ1) is 10.0. The number of anilines is 1. The average molecular weight is 292 g/mol. The van der Waals surface area contributed by atoms with Crippen molar-refractivity contribution in [1.29, 1.82) is 0 Å². The molecule has 0 aliphatic carbocycles. The van der Waals surface area contributed by atoms with Crippen LogP contribution in [0.4, 0.5) is 14.5 Å². The van der Waals surface area contributed by atoms with Crippen LogP contribution in [-0.2, 0) is 0 Å². The van der Waals surface area contributed by atoms with Gasteiger partial charge in [0, 0.05) is 11.6 Å². The van der Waals surface area contributed by atoms with E-state index in [1.54, 1.807) is 19.1 Å². The van der Waals surface area contributed by atoms with E-state index in [1.165, 1.54) is 19.2 Å². The number of hydrogen-bond acceptors (Lipinski definition) is 4. The van der Waals surface area contributed by atoms with Crippen LogP contribution in [0, 0.1) is 11.6 Å². The lowest BCUT2D eigenvalue weighted by Gasteiger charge is -2.08. The number of phenols is 1. The maximum Gasteiger partial charge on any atom is 0.151 e. The number of halogens is 2. The van der Waals surface area contributed by atoms with Gasteiger partial charge in [0.15, 0.2) is 5.82 Å². The standard InChI is InChI=1S/C15H14F2N2O2/c1-9(12-8-11(21-2)4-6-15(12)20)18-19-14-5-3-10(16)7-13(14)17/h3-8,19-20H,1-2H3/b18-9+. The minimum atomic E-state index is -0.749. The van der Waals surface area contributed by atoms with Gasteiger partial charge in [0.1, 0.15) is 17.3 Å². The Morgan fingerprint density at radius 2 is 1.95 bits per heavy atom. The summed E-state index contributed by atoms with van der Waals surface area (Å²) in [5.74, 6) is -0.825. The molecule has 21 heavy (non-hydrogen) atoms. The van der Waals surface area contributed by atoms with Gasteiger partial charge >= 0.3 is 0 Å². The second-order valence-corrected chi connectivity index (χ2v) is 4.32. The van der Waals surface area contributed by atoms with Gasteiger partial charge in [-0.15, -0.1) is 0 Å². The molecule has 2 aromatic rings. The van der Waals surface area contributed by atoms with Crippen LogP contribution < -0.4 is 10.2 Å². The molecule has 110 valence electrons. The number of nitrogens with one attached hydrogen (secondary N) is 1. The van der Waals surface area contributed by atoms with Gasteiger partial charge in [-0.1, -0.05) is 0 Å². The maximum atomic E-state index is 13.5. The van der Waals surface area contributed by atoms with E-state index in [2.05, 4.69) is 10.5 Å². The van der Waals surface area contributed by atoms with E-state index in [0.717, 1.165) is 12.1 Å². The summed E-state index contributed by atoms with van der Waals surface area (Å²) >= 11 is 0. The summed E-state index contributed by atoms with van der Waals surface area (Å²) in [4.78, 5) is 0. The van der Waals surface area contributed by atoms with Crippen molar-refractivity contribution in [3.63, 3.8) is 0 Å². The van der Waals surface area contributed by atoms with Crippen molar-refractivity contribution < 1.29 is 18.6 Å². The molecule has 0 amide bonds. The molecule has 0 fully saturated rings. The fourth-order valence-corrected chi connectivity index (χ4v) is 1.72. The molecule has 2 rings (SSSR count). The number of nitrogens with zero attached hydrogens (tertiary/aromatic N) is 1. The summed E-state index contributed by atoms with van der Waals surface area (Å²) in [6.45, 7) is 1.64. The van der Waals surface area contributed by atoms with Crippen molar-refractivity contribution in [3.8, 4) is 11.5 Å². The predicted octanol–water partition coefficient (Wildman–Crippen LogP) is 3.52. The summed E-state index contributed by atoms with van der Waals surface area (Å²) in [5, 5.41) is 13.8. The third-order valence-electron chi connectivity index (χ3n) is 2.87. The molecular formula is C15H14F2N2O2. The number of methoxy groups -OCH3 is 1. The number of aromatic hydroxyl groups is 1. The molecule has 0 bridgehead atoms. The molecule has 0 unspecified atom stereocenters. The highest BCUT2D eigenvalue weighted by Gasteiger charge is 2.08.